The van der Waals surface area contributed by atoms with E-state index in [1.54, 1.807) is 4.90 Å². The molecule has 0 radical (unpaired) electrons. The summed E-state index contributed by atoms with van der Waals surface area (Å²) < 4.78 is 1.81. The molecule has 1 aliphatic carbocycles. The number of para-hydroxylation sites is 1. The number of hydrogen-bond donors (Lipinski definition) is 1. The van der Waals surface area contributed by atoms with Gasteiger partial charge in [-0.1, -0.05) is 78.5 Å². The first-order valence-electron chi connectivity index (χ1n) is 12.8. The molecule has 0 bridgehead atoms. The lowest BCUT2D eigenvalue weighted by Crippen LogP contribution is -2.40. The maximum atomic E-state index is 13.2. The van der Waals surface area contributed by atoms with Crippen LogP contribution in [0.25, 0.3) is 5.69 Å². The second-order valence-electron chi connectivity index (χ2n) is 11.3. The van der Waals surface area contributed by atoms with Gasteiger partial charge in [-0.05, 0) is 36.8 Å². The lowest BCUT2D eigenvalue weighted by molar-refractivity contribution is -0.135. The molecule has 3 rings (SSSR count). The highest BCUT2D eigenvalue weighted by Crippen LogP contribution is 2.29. The maximum absolute atomic E-state index is 13.2. The van der Waals surface area contributed by atoms with E-state index in [0.29, 0.717) is 30.6 Å². The van der Waals surface area contributed by atoms with Crippen LogP contribution in [0, 0.1) is 18.8 Å². The lowest BCUT2D eigenvalue weighted by atomic mass is 9.92. The lowest BCUT2D eigenvalue weighted by Gasteiger charge is -2.25. The van der Waals surface area contributed by atoms with Crippen molar-refractivity contribution < 1.29 is 9.59 Å². The van der Waals surface area contributed by atoms with E-state index in [-0.39, 0.29) is 23.8 Å². The maximum Gasteiger partial charge on any atom is 0.245 e. The molecule has 6 heteroatoms. The molecular formula is C28H42N4O2. The van der Waals surface area contributed by atoms with Gasteiger partial charge >= 0.3 is 0 Å². The van der Waals surface area contributed by atoms with Crippen molar-refractivity contribution in [2.75, 3.05) is 18.4 Å². The van der Waals surface area contributed by atoms with Gasteiger partial charge in [-0.15, -0.1) is 0 Å². The summed E-state index contributed by atoms with van der Waals surface area (Å²) >= 11 is 0. The van der Waals surface area contributed by atoms with Gasteiger partial charge in [0.1, 0.15) is 5.82 Å². The van der Waals surface area contributed by atoms with Crippen molar-refractivity contribution in [2.24, 2.45) is 11.8 Å². The third-order valence-corrected chi connectivity index (χ3v) is 6.60. The molecule has 186 valence electrons. The smallest absolute Gasteiger partial charge is 0.245 e. The average molecular weight is 467 g/mol. The number of amides is 2. The Hall–Kier alpha value is -2.63. The first kappa shape index (κ1) is 26.0. The second-order valence-corrected chi connectivity index (χ2v) is 11.3. The van der Waals surface area contributed by atoms with Crippen LogP contribution in [0.2, 0.25) is 0 Å². The summed E-state index contributed by atoms with van der Waals surface area (Å²) in [5.74, 6) is 1.49. The molecule has 1 N–H and O–H groups in total. The Balaban J connectivity index is 1.76. The number of aryl methyl sites for hydroxylation is 1. The Morgan fingerprint density at radius 2 is 1.85 bits per heavy atom. The molecular weight excluding hydrogens is 424 g/mol. The highest BCUT2D eigenvalue weighted by Gasteiger charge is 2.24. The van der Waals surface area contributed by atoms with E-state index in [1.807, 2.05) is 41.9 Å². The zero-order valence-corrected chi connectivity index (χ0v) is 21.9. The van der Waals surface area contributed by atoms with Crippen molar-refractivity contribution in [1.82, 2.24) is 14.7 Å². The predicted molar refractivity (Wildman–Crippen MR) is 138 cm³/mol. The zero-order chi connectivity index (χ0) is 24.9. The van der Waals surface area contributed by atoms with E-state index >= 15 is 0 Å². The third kappa shape index (κ3) is 6.94. The van der Waals surface area contributed by atoms with Crippen LogP contribution in [0.3, 0.4) is 0 Å². The van der Waals surface area contributed by atoms with Gasteiger partial charge in [0.05, 0.1) is 17.9 Å². The van der Waals surface area contributed by atoms with Crippen molar-refractivity contribution in [3.05, 3.63) is 41.6 Å². The van der Waals surface area contributed by atoms with Crippen molar-refractivity contribution in [3.8, 4) is 5.69 Å². The fourth-order valence-corrected chi connectivity index (χ4v) is 4.66. The van der Waals surface area contributed by atoms with Crippen LogP contribution in [0.5, 0.6) is 0 Å². The molecule has 1 saturated carbocycles. The summed E-state index contributed by atoms with van der Waals surface area (Å²) in [4.78, 5) is 27.9. The van der Waals surface area contributed by atoms with Gasteiger partial charge in [0.25, 0.3) is 0 Å². The molecule has 2 amide bonds. The highest BCUT2D eigenvalue weighted by atomic mass is 16.2. The van der Waals surface area contributed by atoms with E-state index in [0.717, 1.165) is 23.4 Å². The fraction of sp³-hybridized carbons (Fsp3) is 0.607. The Kier molecular flexibility index (Phi) is 8.56. The van der Waals surface area contributed by atoms with Crippen molar-refractivity contribution in [2.45, 2.75) is 85.5 Å². The number of anilines is 1. The average Bonchev–Trinajstić information content (AvgIpc) is 3.41. The molecule has 1 heterocycles. The molecule has 0 aliphatic heterocycles. The monoisotopic (exact) mass is 466 g/mol. The summed E-state index contributed by atoms with van der Waals surface area (Å²) in [6, 6.07) is 9.94. The molecule has 0 unspecified atom stereocenters. The molecule has 0 spiro atoms. The molecule has 2 aromatic rings. The van der Waals surface area contributed by atoms with Crippen LogP contribution in [0.1, 0.15) is 84.4 Å². The zero-order valence-electron chi connectivity index (χ0n) is 21.9. The largest absolute Gasteiger partial charge is 0.333 e. The van der Waals surface area contributed by atoms with E-state index < -0.39 is 0 Å². The second kappa shape index (κ2) is 11.2. The Labute approximate surface area is 205 Å². The number of benzene rings is 1. The summed E-state index contributed by atoms with van der Waals surface area (Å²) in [5.41, 5.74) is 2.75. The van der Waals surface area contributed by atoms with E-state index in [9.17, 15) is 9.59 Å². The van der Waals surface area contributed by atoms with E-state index in [1.165, 1.54) is 25.7 Å². The van der Waals surface area contributed by atoms with E-state index in [4.69, 9.17) is 5.10 Å². The molecule has 0 atom stereocenters. The Morgan fingerprint density at radius 3 is 2.47 bits per heavy atom. The topological polar surface area (TPSA) is 67.2 Å². The Bertz CT molecular complexity index is 981. The first-order chi connectivity index (χ1) is 16.0. The van der Waals surface area contributed by atoms with Gasteiger partial charge in [0.15, 0.2) is 0 Å². The van der Waals surface area contributed by atoms with Gasteiger partial charge < -0.3 is 10.2 Å². The minimum atomic E-state index is -0.190. The number of nitrogens with zero attached hydrogens (tertiary/aromatic N) is 3. The van der Waals surface area contributed by atoms with Gasteiger partial charge in [-0.3, -0.25) is 9.59 Å². The number of rotatable bonds is 9. The fourth-order valence-electron chi connectivity index (χ4n) is 4.66. The quantitative estimate of drug-likeness (QED) is 0.502. The summed E-state index contributed by atoms with van der Waals surface area (Å²) in [5, 5.41) is 7.88. The molecule has 1 aliphatic rings. The van der Waals surface area contributed by atoms with Crippen molar-refractivity contribution in [1.29, 1.82) is 0 Å². The number of nitrogens with one attached hydrogen (secondary N) is 1. The molecule has 34 heavy (non-hydrogen) atoms. The van der Waals surface area contributed by atoms with Gasteiger partial charge in [0, 0.05) is 24.4 Å². The minimum Gasteiger partial charge on any atom is -0.333 e. The molecule has 0 saturated heterocycles. The van der Waals surface area contributed by atoms with Crippen molar-refractivity contribution in [3.63, 3.8) is 0 Å². The SMILES string of the molecule is Cc1ccccc1-n1nc(C(C)(C)C)cc1NC(=O)CN(CC(C)C)C(=O)CCC1CCCC1. The first-order valence-corrected chi connectivity index (χ1v) is 12.8. The van der Waals surface area contributed by atoms with Crippen LogP contribution < -0.4 is 5.32 Å². The number of aromatic nitrogens is 2. The van der Waals surface area contributed by atoms with Crippen LogP contribution in [-0.2, 0) is 15.0 Å². The van der Waals surface area contributed by atoms with Gasteiger partial charge in [-0.25, -0.2) is 4.68 Å². The Morgan fingerprint density at radius 1 is 1.18 bits per heavy atom. The van der Waals surface area contributed by atoms with Gasteiger partial charge in [0.2, 0.25) is 11.8 Å². The normalized spacial score (nSPS) is 14.6. The number of hydrogen-bond acceptors (Lipinski definition) is 3. The number of carbonyl (C=O) groups excluding carboxylic acids is 2. The predicted octanol–water partition coefficient (Wildman–Crippen LogP) is 5.87. The van der Waals surface area contributed by atoms with Crippen LogP contribution in [0.4, 0.5) is 5.82 Å². The molecule has 1 aromatic carbocycles. The summed E-state index contributed by atoms with van der Waals surface area (Å²) in [6.45, 7) is 13.2. The van der Waals surface area contributed by atoms with E-state index in [2.05, 4.69) is 39.9 Å². The summed E-state index contributed by atoms with van der Waals surface area (Å²) in [6.07, 6.45) is 6.49. The van der Waals surface area contributed by atoms with Crippen molar-refractivity contribution >= 4 is 17.6 Å². The molecule has 6 nitrogen and oxygen atoms in total. The minimum absolute atomic E-state index is 0.0610. The molecule has 1 aromatic heterocycles. The van der Waals surface area contributed by atoms with Crippen LogP contribution in [-0.4, -0.2) is 39.6 Å². The molecule has 1 fully saturated rings. The van der Waals surface area contributed by atoms with Crippen LogP contribution in [0.15, 0.2) is 30.3 Å². The van der Waals surface area contributed by atoms with Crippen LogP contribution >= 0.6 is 0 Å². The van der Waals surface area contributed by atoms with Gasteiger partial charge in [-0.2, -0.15) is 5.10 Å². The third-order valence-electron chi connectivity index (χ3n) is 6.60. The summed E-state index contributed by atoms with van der Waals surface area (Å²) in [7, 11) is 0. The highest BCUT2D eigenvalue weighted by molar-refractivity contribution is 5.94. The number of carbonyl (C=O) groups is 2. The standard InChI is InChI=1S/C28H42N4O2/c1-20(2)18-31(27(34)16-15-22-12-8-9-13-22)19-26(33)29-25-17-24(28(4,5)6)30-32(25)23-14-10-7-11-21(23)3/h7,10-11,14,17,20,22H,8-9,12-13,15-16,18-19H2,1-6H3,(H,29,33).